The van der Waals surface area contributed by atoms with E-state index in [0.717, 1.165) is 21.7 Å². The number of benzene rings is 2. The SMILES string of the molecule is O=C(O)CCCSc1nc(Nc2ccc(C3CC3)c3ccccc23)c2sccc2n1. The Bertz CT molecular complexity index is 1230. The molecule has 0 bridgehead atoms. The molecule has 152 valence electrons. The van der Waals surface area contributed by atoms with Crippen LogP contribution in [-0.2, 0) is 4.79 Å². The van der Waals surface area contributed by atoms with E-state index >= 15 is 0 Å². The highest BCUT2D eigenvalue weighted by atomic mass is 32.2. The quantitative estimate of drug-likeness (QED) is 0.189. The number of carboxylic acid groups (broad SMARTS) is 1. The van der Waals surface area contributed by atoms with Gasteiger partial charge in [0.1, 0.15) is 0 Å². The Labute approximate surface area is 182 Å². The molecule has 1 aliphatic carbocycles. The molecule has 1 aliphatic rings. The van der Waals surface area contributed by atoms with Gasteiger partial charge in [0.2, 0.25) is 0 Å². The third-order valence-electron chi connectivity index (χ3n) is 5.28. The predicted molar refractivity (Wildman–Crippen MR) is 124 cm³/mol. The number of hydrogen-bond donors (Lipinski definition) is 2. The van der Waals surface area contributed by atoms with Crippen LogP contribution in [0, 0.1) is 0 Å². The summed E-state index contributed by atoms with van der Waals surface area (Å²) in [4.78, 5) is 20.1. The fraction of sp³-hybridized carbons (Fsp3) is 0.261. The van der Waals surface area contributed by atoms with E-state index in [2.05, 4.69) is 46.7 Å². The van der Waals surface area contributed by atoms with Crippen molar-refractivity contribution in [3.8, 4) is 0 Å². The minimum absolute atomic E-state index is 0.165. The molecule has 1 fully saturated rings. The average molecular weight is 436 g/mol. The summed E-state index contributed by atoms with van der Waals surface area (Å²) in [5, 5.41) is 17.6. The molecule has 0 amide bonds. The van der Waals surface area contributed by atoms with Gasteiger partial charge in [0, 0.05) is 23.2 Å². The van der Waals surface area contributed by atoms with Gasteiger partial charge in [0.25, 0.3) is 0 Å². The first-order valence-electron chi connectivity index (χ1n) is 10.1. The lowest BCUT2D eigenvalue weighted by Crippen LogP contribution is -1.99. The maximum atomic E-state index is 10.7. The van der Waals surface area contributed by atoms with Crippen LogP contribution in [0.4, 0.5) is 11.5 Å². The molecule has 0 aliphatic heterocycles. The van der Waals surface area contributed by atoms with Gasteiger partial charge >= 0.3 is 5.97 Å². The lowest BCUT2D eigenvalue weighted by molar-refractivity contribution is -0.137. The second-order valence-corrected chi connectivity index (χ2v) is 9.46. The summed E-state index contributed by atoms with van der Waals surface area (Å²) < 4.78 is 1.03. The number of anilines is 2. The summed E-state index contributed by atoms with van der Waals surface area (Å²) in [6.45, 7) is 0. The molecule has 2 heterocycles. The maximum absolute atomic E-state index is 10.7. The summed E-state index contributed by atoms with van der Waals surface area (Å²) in [6, 6.07) is 15.0. The zero-order chi connectivity index (χ0) is 20.5. The molecule has 7 heteroatoms. The largest absolute Gasteiger partial charge is 0.481 e. The molecular weight excluding hydrogens is 414 g/mol. The van der Waals surface area contributed by atoms with E-state index in [9.17, 15) is 4.79 Å². The van der Waals surface area contributed by atoms with Crippen LogP contribution in [-0.4, -0.2) is 26.8 Å². The van der Waals surface area contributed by atoms with Gasteiger partial charge in [-0.25, -0.2) is 9.97 Å². The van der Waals surface area contributed by atoms with Gasteiger partial charge in [-0.15, -0.1) is 11.3 Å². The first kappa shape index (κ1) is 19.3. The molecule has 0 atom stereocenters. The molecule has 2 aromatic heterocycles. The Hall–Kier alpha value is -2.64. The molecule has 30 heavy (non-hydrogen) atoms. The van der Waals surface area contributed by atoms with Gasteiger partial charge in [-0.2, -0.15) is 0 Å². The van der Waals surface area contributed by atoms with E-state index in [0.29, 0.717) is 23.2 Å². The topological polar surface area (TPSA) is 75.1 Å². The lowest BCUT2D eigenvalue weighted by Gasteiger charge is -2.13. The van der Waals surface area contributed by atoms with Crippen molar-refractivity contribution in [3.05, 3.63) is 53.4 Å². The van der Waals surface area contributed by atoms with Gasteiger partial charge in [-0.05, 0) is 53.6 Å². The molecule has 2 aromatic carbocycles. The van der Waals surface area contributed by atoms with E-state index in [1.165, 1.54) is 40.9 Å². The van der Waals surface area contributed by atoms with Gasteiger partial charge in [-0.1, -0.05) is 42.1 Å². The fourth-order valence-electron chi connectivity index (χ4n) is 3.69. The third kappa shape index (κ3) is 4.00. The monoisotopic (exact) mass is 435 g/mol. The molecule has 0 saturated heterocycles. The highest BCUT2D eigenvalue weighted by molar-refractivity contribution is 7.99. The lowest BCUT2D eigenvalue weighted by atomic mass is 9.99. The van der Waals surface area contributed by atoms with Crippen LogP contribution < -0.4 is 5.32 Å². The number of aromatic nitrogens is 2. The summed E-state index contributed by atoms with van der Waals surface area (Å²) in [6.07, 6.45) is 3.32. The summed E-state index contributed by atoms with van der Waals surface area (Å²) in [5.41, 5.74) is 3.40. The van der Waals surface area contributed by atoms with E-state index < -0.39 is 5.97 Å². The molecular formula is C23H21N3O2S2. The van der Waals surface area contributed by atoms with Crippen LogP contribution in [0.15, 0.2) is 53.0 Å². The van der Waals surface area contributed by atoms with Crippen molar-refractivity contribution in [2.45, 2.75) is 36.8 Å². The maximum Gasteiger partial charge on any atom is 0.303 e. The molecule has 4 aromatic rings. The van der Waals surface area contributed by atoms with Crippen molar-refractivity contribution in [2.24, 2.45) is 0 Å². The minimum Gasteiger partial charge on any atom is -0.481 e. The van der Waals surface area contributed by atoms with Crippen LogP contribution in [0.1, 0.15) is 37.2 Å². The Morgan fingerprint density at radius 1 is 1.13 bits per heavy atom. The normalized spacial score (nSPS) is 13.7. The van der Waals surface area contributed by atoms with Crippen molar-refractivity contribution >= 4 is 61.6 Å². The summed E-state index contributed by atoms with van der Waals surface area (Å²) in [7, 11) is 0. The number of fused-ring (bicyclic) bond motifs is 2. The average Bonchev–Trinajstić information content (AvgIpc) is 3.48. The Morgan fingerprint density at radius 2 is 1.97 bits per heavy atom. The van der Waals surface area contributed by atoms with Crippen molar-refractivity contribution in [1.82, 2.24) is 9.97 Å². The molecule has 0 unspecified atom stereocenters. The number of nitrogens with one attached hydrogen (secondary N) is 1. The molecule has 1 saturated carbocycles. The predicted octanol–water partition coefficient (Wildman–Crippen LogP) is 6.42. The van der Waals surface area contributed by atoms with Gasteiger partial charge in [0.05, 0.1) is 10.2 Å². The number of hydrogen-bond acceptors (Lipinski definition) is 6. The number of thiophene rings is 1. The van der Waals surface area contributed by atoms with Crippen LogP contribution in [0.3, 0.4) is 0 Å². The zero-order valence-corrected chi connectivity index (χ0v) is 17.9. The molecule has 5 rings (SSSR count). The van der Waals surface area contributed by atoms with Crippen molar-refractivity contribution in [2.75, 3.05) is 11.1 Å². The van der Waals surface area contributed by atoms with Gasteiger partial charge in [0.15, 0.2) is 11.0 Å². The van der Waals surface area contributed by atoms with E-state index in [1.54, 1.807) is 11.3 Å². The van der Waals surface area contributed by atoms with Crippen molar-refractivity contribution < 1.29 is 9.90 Å². The fourth-order valence-corrected chi connectivity index (χ4v) is 5.25. The van der Waals surface area contributed by atoms with E-state index in [-0.39, 0.29) is 6.42 Å². The highest BCUT2D eigenvalue weighted by Gasteiger charge is 2.25. The molecule has 2 N–H and O–H groups in total. The van der Waals surface area contributed by atoms with E-state index in [1.807, 2.05) is 11.4 Å². The van der Waals surface area contributed by atoms with Crippen LogP contribution in [0.2, 0.25) is 0 Å². The molecule has 0 spiro atoms. The van der Waals surface area contributed by atoms with Crippen molar-refractivity contribution in [3.63, 3.8) is 0 Å². The Kier molecular flexibility index (Phi) is 5.31. The van der Waals surface area contributed by atoms with Crippen molar-refractivity contribution in [1.29, 1.82) is 0 Å². The Balaban J connectivity index is 1.47. The van der Waals surface area contributed by atoms with Crippen LogP contribution >= 0.6 is 23.1 Å². The smallest absolute Gasteiger partial charge is 0.303 e. The number of thioether (sulfide) groups is 1. The second-order valence-electron chi connectivity index (χ2n) is 7.48. The number of aliphatic carboxylic acids is 1. The molecule has 0 radical (unpaired) electrons. The van der Waals surface area contributed by atoms with Crippen LogP contribution in [0.25, 0.3) is 21.0 Å². The first-order chi connectivity index (χ1) is 14.7. The highest BCUT2D eigenvalue weighted by Crippen LogP contribution is 2.44. The third-order valence-corrected chi connectivity index (χ3v) is 7.12. The summed E-state index contributed by atoms with van der Waals surface area (Å²) in [5.74, 6) is 1.41. The number of nitrogens with zero attached hydrogens (tertiary/aromatic N) is 2. The second kappa shape index (κ2) is 8.24. The van der Waals surface area contributed by atoms with E-state index in [4.69, 9.17) is 10.1 Å². The number of carbonyl (C=O) groups is 1. The number of rotatable bonds is 8. The Morgan fingerprint density at radius 3 is 2.77 bits per heavy atom. The zero-order valence-electron chi connectivity index (χ0n) is 16.3. The number of carboxylic acids is 1. The standard InChI is InChI=1S/C23H21N3O2S2/c27-20(28)6-3-12-30-23-25-19-11-13-29-21(19)22(26-23)24-18-10-9-15(14-7-8-14)16-4-1-2-5-17(16)18/h1-2,4-5,9-11,13-14H,3,6-8,12H2,(H,27,28)(H,24,25,26). The first-order valence-corrected chi connectivity index (χ1v) is 11.9. The summed E-state index contributed by atoms with van der Waals surface area (Å²) >= 11 is 3.13. The molecule has 5 nitrogen and oxygen atoms in total. The van der Waals surface area contributed by atoms with Gasteiger partial charge < -0.3 is 10.4 Å². The van der Waals surface area contributed by atoms with Gasteiger partial charge in [-0.3, -0.25) is 4.79 Å². The minimum atomic E-state index is -0.770. The van der Waals surface area contributed by atoms with Crippen LogP contribution in [0.5, 0.6) is 0 Å².